The van der Waals surface area contributed by atoms with Gasteiger partial charge in [0, 0.05) is 43.3 Å². The van der Waals surface area contributed by atoms with E-state index < -0.39 is 0 Å². The lowest BCUT2D eigenvalue weighted by molar-refractivity contribution is -0.115. The first-order chi connectivity index (χ1) is 13.5. The van der Waals surface area contributed by atoms with Crippen LogP contribution in [-0.4, -0.2) is 48.1 Å². The van der Waals surface area contributed by atoms with Gasteiger partial charge in [-0.25, -0.2) is 9.99 Å². The number of nitrogens with one attached hydrogen (secondary N) is 2. The number of hydrogen-bond acceptors (Lipinski definition) is 6. The summed E-state index contributed by atoms with van der Waals surface area (Å²) in [6, 6.07) is 8.79. The van der Waals surface area contributed by atoms with Crippen molar-refractivity contribution < 1.29 is 4.79 Å². The van der Waals surface area contributed by atoms with Crippen molar-refractivity contribution in [2.45, 2.75) is 46.1 Å². The smallest absolute Gasteiger partial charge is 0.230 e. The Labute approximate surface area is 171 Å². The molecule has 2 aromatic rings. The molecule has 0 radical (unpaired) electrons. The Morgan fingerprint density at radius 3 is 2.75 bits per heavy atom. The van der Waals surface area contributed by atoms with Crippen LogP contribution in [0.15, 0.2) is 30.5 Å². The van der Waals surface area contributed by atoms with Crippen LogP contribution in [0, 0.1) is 0 Å². The maximum absolute atomic E-state index is 12.4. The highest BCUT2D eigenvalue weighted by Crippen LogP contribution is 2.25. The van der Waals surface area contributed by atoms with Crippen LogP contribution in [0.5, 0.6) is 0 Å². The summed E-state index contributed by atoms with van der Waals surface area (Å²) in [7, 11) is 0. The molecule has 7 heteroatoms. The predicted molar refractivity (Wildman–Crippen MR) is 117 cm³/mol. The van der Waals surface area contributed by atoms with E-state index in [0.717, 1.165) is 31.7 Å². The summed E-state index contributed by atoms with van der Waals surface area (Å²) in [5.74, 6) is 0.399. The number of aromatic nitrogens is 1. The lowest BCUT2D eigenvalue weighted by Crippen LogP contribution is -2.57. The van der Waals surface area contributed by atoms with E-state index >= 15 is 0 Å². The van der Waals surface area contributed by atoms with Crippen molar-refractivity contribution in [1.82, 2.24) is 15.3 Å². The zero-order valence-electron chi connectivity index (χ0n) is 17.2. The number of thiazole rings is 1. The molecule has 3 rings (SSSR count). The minimum absolute atomic E-state index is 0.0273. The number of nitrogens with zero attached hydrogens (tertiary/aromatic N) is 3. The Balaban J connectivity index is 1.60. The Morgan fingerprint density at radius 1 is 1.39 bits per heavy atom. The molecule has 0 aliphatic carbocycles. The van der Waals surface area contributed by atoms with Crippen molar-refractivity contribution in [1.29, 1.82) is 0 Å². The first-order valence-electron chi connectivity index (χ1n) is 10.1. The summed E-state index contributed by atoms with van der Waals surface area (Å²) in [4.78, 5) is 17.8. The average Bonchev–Trinajstić information content (AvgIpc) is 3.14. The van der Waals surface area contributed by atoms with E-state index in [0.29, 0.717) is 23.5 Å². The van der Waals surface area contributed by atoms with Crippen LogP contribution < -0.4 is 15.6 Å². The van der Waals surface area contributed by atoms with E-state index in [1.807, 2.05) is 18.3 Å². The molecule has 1 aromatic carbocycles. The quantitative estimate of drug-likeness (QED) is 0.744. The SMILES string of the molecule is CCN(c1ccc(CC(=O)Nc2ncc(C(C)C)s2)cc1)N1CCNCC1C. The van der Waals surface area contributed by atoms with Crippen molar-refractivity contribution >= 4 is 28.1 Å². The second-order valence-electron chi connectivity index (χ2n) is 7.55. The number of carbonyl (C=O) groups excluding carboxylic acids is 1. The summed E-state index contributed by atoms with van der Waals surface area (Å²) in [6.07, 6.45) is 2.20. The highest BCUT2D eigenvalue weighted by atomic mass is 32.1. The Morgan fingerprint density at radius 2 is 2.14 bits per heavy atom. The molecule has 2 N–H and O–H groups in total. The third-order valence-corrected chi connectivity index (χ3v) is 6.23. The lowest BCUT2D eigenvalue weighted by Gasteiger charge is -2.43. The van der Waals surface area contributed by atoms with Gasteiger partial charge in [0.2, 0.25) is 5.91 Å². The number of benzene rings is 1. The van der Waals surface area contributed by atoms with E-state index in [1.54, 1.807) is 11.3 Å². The first kappa shape index (κ1) is 20.8. The molecule has 1 aliphatic rings. The minimum Gasteiger partial charge on any atom is -0.314 e. The molecule has 152 valence electrons. The van der Waals surface area contributed by atoms with Gasteiger partial charge in [-0.3, -0.25) is 4.79 Å². The van der Waals surface area contributed by atoms with Crippen molar-refractivity contribution in [3.8, 4) is 0 Å². The number of anilines is 2. The number of hydrogen-bond donors (Lipinski definition) is 2. The normalized spacial score (nSPS) is 17.7. The topological polar surface area (TPSA) is 60.5 Å². The molecule has 1 amide bonds. The fraction of sp³-hybridized carbons (Fsp3) is 0.524. The van der Waals surface area contributed by atoms with Crippen LogP contribution in [-0.2, 0) is 11.2 Å². The summed E-state index contributed by atoms with van der Waals surface area (Å²) in [5, 5.41) is 11.8. The molecule has 0 bridgehead atoms. The van der Waals surface area contributed by atoms with Crippen LogP contribution in [0.25, 0.3) is 0 Å². The van der Waals surface area contributed by atoms with Crippen LogP contribution in [0.1, 0.15) is 44.1 Å². The molecule has 1 aliphatic heterocycles. The maximum Gasteiger partial charge on any atom is 0.230 e. The largest absolute Gasteiger partial charge is 0.314 e. The third kappa shape index (κ3) is 5.10. The van der Waals surface area contributed by atoms with Gasteiger partial charge in [0.05, 0.1) is 12.1 Å². The van der Waals surface area contributed by atoms with Gasteiger partial charge in [-0.15, -0.1) is 11.3 Å². The van der Waals surface area contributed by atoms with Gasteiger partial charge in [0.1, 0.15) is 0 Å². The standard InChI is InChI=1S/C21H31N5OS/c1-5-25(26-11-10-22-13-16(26)4)18-8-6-17(7-9-18)12-20(27)24-21-23-14-19(28-21)15(2)3/h6-9,14-16,22H,5,10-13H2,1-4H3,(H,23,24,27). The van der Waals surface area contributed by atoms with Gasteiger partial charge in [-0.1, -0.05) is 26.0 Å². The van der Waals surface area contributed by atoms with Gasteiger partial charge >= 0.3 is 0 Å². The fourth-order valence-corrected chi connectivity index (χ4v) is 4.28. The van der Waals surface area contributed by atoms with Gasteiger partial charge in [0.25, 0.3) is 0 Å². The van der Waals surface area contributed by atoms with Gasteiger partial charge in [0.15, 0.2) is 5.13 Å². The second kappa shape index (κ2) is 9.49. The Hall–Kier alpha value is -1.96. The number of hydrazine groups is 1. The molecule has 6 nitrogen and oxygen atoms in total. The molecular weight excluding hydrogens is 370 g/mol. The second-order valence-corrected chi connectivity index (χ2v) is 8.61. The molecule has 1 atom stereocenters. The molecule has 1 unspecified atom stereocenters. The predicted octanol–water partition coefficient (Wildman–Crippen LogP) is 3.48. The van der Waals surface area contributed by atoms with Gasteiger partial charge in [-0.05, 0) is 37.5 Å². The van der Waals surface area contributed by atoms with E-state index in [4.69, 9.17) is 0 Å². The molecule has 2 heterocycles. The average molecular weight is 402 g/mol. The van der Waals surface area contributed by atoms with Gasteiger partial charge in [-0.2, -0.15) is 0 Å². The fourth-order valence-electron chi connectivity index (χ4n) is 3.45. The molecule has 28 heavy (non-hydrogen) atoms. The summed E-state index contributed by atoms with van der Waals surface area (Å²) in [6.45, 7) is 12.6. The van der Waals surface area contributed by atoms with Crippen molar-refractivity contribution in [3.05, 3.63) is 40.9 Å². The van der Waals surface area contributed by atoms with Crippen molar-refractivity contribution in [3.63, 3.8) is 0 Å². The molecule has 1 fully saturated rings. The van der Waals surface area contributed by atoms with E-state index in [9.17, 15) is 4.79 Å². The highest BCUT2D eigenvalue weighted by Gasteiger charge is 2.23. The Bertz CT molecular complexity index is 773. The summed E-state index contributed by atoms with van der Waals surface area (Å²) < 4.78 is 0. The molecule has 1 aromatic heterocycles. The highest BCUT2D eigenvalue weighted by molar-refractivity contribution is 7.15. The van der Waals surface area contributed by atoms with Crippen molar-refractivity contribution in [2.24, 2.45) is 0 Å². The van der Waals surface area contributed by atoms with Crippen LogP contribution in [0.4, 0.5) is 10.8 Å². The van der Waals surface area contributed by atoms with Gasteiger partial charge < -0.3 is 15.6 Å². The molecule has 0 spiro atoms. The number of piperazine rings is 1. The van der Waals surface area contributed by atoms with E-state index in [-0.39, 0.29) is 5.91 Å². The number of carbonyl (C=O) groups is 1. The van der Waals surface area contributed by atoms with E-state index in [1.165, 1.54) is 10.6 Å². The van der Waals surface area contributed by atoms with Crippen LogP contribution >= 0.6 is 11.3 Å². The third-order valence-electron chi connectivity index (χ3n) is 5.01. The van der Waals surface area contributed by atoms with Crippen LogP contribution in [0.3, 0.4) is 0 Å². The zero-order valence-corrected chi connectivity index (χ0v) is 18.1. The lowest BCUT2D eigenvalue weighted by atomic mass is 10.1. The zero-order chi connectivity index (χ0) is 20.1. The number of rotatable bonds is 7. The summed E-state index contributed by atoms with van der Waals surface area (Å²) >= 11 is 1.54. The van der Waals surface area contributed by atoms with Crippen LogP contribution in [0.2, 0.25) is 0 Å². The van der Waals surface area contributed by atoms with Crippen molar-refractivity contribution in [2.75, 3.05) is 36.5 Å². The summed E-state index contributed by atoms with van der Waals surface area (Å²) in [5.41, 5.74) is 2.17. The molecule has 0 saturated carbocycles. The monoisotopic (exact) mass is 401 g/mol. The Kier molecular flexibility index (Phi) is 7.04. The van der Waals surface area contributed by atoms with E-state index in [2.05, 4.69) is 65.5 Å². The molecule has 1 saturated heterocycles. The maximum atomic E-state index is 12.4. The number of amides is 1. The minimum atomic E-state index is -0.0273. The molecular formula is C21H31N5OS. The first-order valence-corrected chi connectivity index (χ1v) is 10.9.